The van der Waals surface area contributed by atoms with Crippen molar-refractivity contribution in [3.63, 3.8) is 0 Å². The van der Waals surface area contributed by atoms with Crippen molar-refractivity contribution in [1.29, 1.82) is 0 Å². The molecule has 0 aromatic heterocycles. The van der Waals surface area contributed by atoms with Crippen molar-refractivity contribution in [3.05, 3.63) is 39.5 Å². The van der Waals surface area contributed by atoms with Crippen LogP contribution in [0.3, 0.4) is 0 Å². The molecule has 23 heavy (non-hydrogen) atoms. The maximum absolute atomic E-state index is 12.4. The molecule has 1 rings (SSSR count). The Labute approximate surface area is 138 Å². The molecule has 0 saturated heterocycles. The van der Waals surface area contributed by atoms with Gasteiger partial charge in [-0.05, 0) is 81.8 Å². The molecule has 0 heterocycles. The molecule has 0 aliphatic heterocycles. The van der Waals surface area contributed by atoms with Gasteiger partial charge in [-0.3, -0.25) is 0 Å². The molecule has 0 aliphatic carbocycles. The van der Waals surface area contributed by atoms with E-state index in [1.807, 2.05) is 27.7 Å². The Hall–Kier alpha value is -2.10. The van der Waals surface area contributed by atoms with Gasteiger partial charge >= 0.3 is 11.9 Å². The quantitative estimate of drug-likeness (QED) is 0.613. The molecule has 0 radical (unpaired) electrons. The lowest BCUT2D eigenvalue weighted by atomic mass is 9.86. The summed E-state index contributed by atoms with van der Waals surface area (Å²) in [7, 11) is 0. The van der Waals surface area contributed by atoms with Crippen molar-refractivity contribution in [3.8, 4) is 0 Å². The highest BCUT2D eigenvalue weighted by atomic mass is 16.5. The molecule has 1 aromatic rings. The van der Waals surface area contributed by atoms with Crippen LogP contribution in [0.1, 0.15) is 47.2 Å². The van der Waals surface area contributed by atoms with Crippen LogP contribution < -0.4 is 0 Å². The third kappa shape index (κ3) is 4.01. The summed E-state index contributed by atoms with van der Waals surface area (Å²) < 4.78 is 10.1. The normalized spacial score (nSPS) is 11.3. The van der Waals surface area contributed by atoms with E-state index in [0.717, 1.165) is 27.8 Å². The average Bonchev–Trinajstić information content (AvgIpc) is 2.50. The first-order valence-corrected chi connectivity index (χ1v) is 7.89. The number of rotatable bonds is 5. The maximum atomic E-state index is 12.4. The zero-order valence-electron chi connectivity index (χ0n) is 15.1. The van der Waals surface area contributed by atoms with E-state index in [-0.39, 0.29) is 18.8 Å². The fraction of sp³-hybridized carbons (Fsp3) is 0.474. The van der Waals surface area contributed by atoms with Crippen LogP contribution in [-0.4, -0.2) is 25.2 Å². The van der Waals surface area contributed by atoms with Gasteiger partial charge in [-0.15, -0.1) is 0 Å². The van der Waals surface area contributed by atoms with E-state index in [1.54, 1.807) is 13.8 Å². The van der Waals surface area contributed by atoms with E-state index in [4.69, 9.17) is 9.47 Å². The zero-order valence-corrected chi connectivity index (χ0v) is 15.1. The average molecular weight is 318 g/mol. The summed E-state index contributed by atoms with van der Waals surface area (Å²) in [5.74, 6) is -1.04. The van der Waals surface area contributed by atoms with E-state index in [1.165, 1.54) is 11.6 Å². The van der Waals surface area contributed by atoms with Crippen molar-refractivity contribution in [2.75, 3.05) is 13.2 Å². The first-order valence-electron chi connectivity index (χ1n) is 7.89. The van der Waals surface area contributed by atoms with E-state index < -0.39 is 11.9 Å². The minimum absolute atomic E-state index is 0.251. The van der Waals surface area contributed by atoms with Crippen LogP contribution in [0.25, 0.3) is 5.57 Å². The fourth-order valence-corrected chi connectivity index (χ4v) is 2.65. The first kappa shape index (κ1) is 18.9. The minimum atomic E-state index is -0.537. The molecule has 0 amide bonds. The fourth-order valence-electron chi connectivity index (χ4n) is 2.65. The summed E-state index contributed by atoms with van der Waals surface area (Å²) in [5.41, 5.74) is 6.40. The molecular weight excluding hydrogens is 292 g/mol. The van der Waals surface area contributed by atoms with Crippen LogP contribution in [0.4, 0.5) is 0 Å². The predicted molar refractivity (Wildman–Crippen MR) is 91.4 cm³/mol. The Balaban J connectivity index is 3.62. The lowest BCUT2D eigenvalue weighted by Crippen LogP contribution is -2.14. The molecule has 0 atom stereocenters. The van der Waals surface area contributed by atoms with Gasteiger partial charge < -0.3 is 9.47 Å². The van der Waals surface area contributed by atoms with Gasteiger partial charge in [0.15, 0.2) is 0 Å². The molecule has 0 saturated carbocycles. The Bertz CT molecular complexity index is 625. The van der Waals surface area contributed by atoms with E-state index >= 15 is 0 Å². The second-order valence-electron chi connectivity index (χ2n) is 5.53. The third-order valence-corrected chi connectivity index (χ3v) is 4.31. The number of benzene rings is 1. The van der Waals surface area contributed by atoms with Crippen molar-refractivity contribution in [2.45, 2.75) is 48.5 Å². The number of carbonyl (C=O) groups is 2. The Morgan fingerprint density at radius 3 is 1.65 bits per heavy atom. The van der Waals surface area contributed by atoms with Gasteiger partial charge in [-0.25, -0.2) is 9.59 Å². The monoisotopic (exact) mass is 318 g/mol. The number of esters is 2. The molecule has 126 valence electrons. The van der Waals surface area contributed by atoms with Gasteiger partial charge in [0.05, 0.1) is 18.8 Å². The highest BCUT2D eigenvalue weighted by molar-refractivity contribution is 6.21. The predicted octanol–water partition coefficient (Wildman–Crippen LogP) is 3.74. The zero-order chi connectivity index (χ0) is 17.7. The SMILES string of the molecule is CCOC(=O)/C=C(\C(=O)OCC)c1c(C)c(C)c(C)c(C)c1C. The highest BCUT2D eigenvalue weighted by Crippen LogP contribution is 2.31. The lowest BCUT2D eigenvalue weighted by molar-refractivity contribution is -0.139. The molecule has 0 N–H and O–H groups in total. The van der Waals surface area contributed by atoms with Crippen molar-refractivity contribution in [1.82, 2.24) is 0 Å². The van der Waals surface area contributed by atoms with Gasteiger partial charge in [-0.1, -0.05) is 0 Å². The molecule has 0 fully saturated rings. The van der Waals surface area contributed by atoms with Crippen molar-refractivity contribution in [2.24, 2.45) is 0 Å². The van der Waals surface area contributed by atoms with Crippen LogP contribution in [-0.2, 0) is 19.1 Å². The Morgan fingerprint density at radius 2 is 1.22 bits per heavy atom. The minimum Gasteiger partial charge on any atom is -0.463 e. The van der Waals surface area contributed by atoms with E-state index in [9.17, 15) is 9.59 Å². The van der Waals surface area contributed by atoms with Crippen molar-refractivity contribution < 1.29 is 19.1 Å². The van der Waals surface area contributed by atoms with Crippen LogP contribution in [0.15, 0.2) is 6.08 Å². The van der Waals surface area contributed by atoms with Gasteiger partial charge in [0.2, 0.25) is 0 Å². The molecule has 0 bridgehead atoms. The number of ether oxygens (including phenoxy) is 2. The molecular formula is C19H26O4. The van der Waals surface area contributed by atoms with Gasteiger partial charge in [0.1, 0.15) is 0 Å². The number of hydrogen-bond acceptors (Lipinski definition) is 4. The Morgan fingerprint density at radius 1 is 0.783 bits per heavy atom. The molecule has 0 spiro atoms. The second kappa shape index (κ2) is 7.95. The van der Waals surface area contributed by atoms with Crippen LogP contribution in [0.2, 0.25) is 0 Å². The van der Waals surface area contributed by atoms with Gasteiger partial charge in [0, 0.05) is 6.08 Å². The first-order chi connectivity index (χ1) is 10.8. The maximum Gasteiger partial charge on any atom is 0.339 e. The highest BCUT2D eigenvalue weighted by Gasteiger charge is 2.22. The summed E-state index contributed by atoms with van der Waals surface area (Å²) in [6, 6.07) is 0. The van der Waals surface area contributed by atoms with Gasteiger partial charge in [-0.2, -0.15) is 0 Å². The third-order valence-electron chi connectivity index (χ3n) is 4.31. The summed E-state index contributed by atoms with van der Waals surface area (Å²) in [6.07, 6.45) is 1.24. The summed E-state index contributed by atoms with van der Waals surface area (Å²) >= 11 is 0. The molecule has 4 heteroatoms. The summed E-state index contributed by atoms with van der Waals surface area (Å²) in [6.45, 7) is 14.0. The molecule has 0 unspecified atom stereocenters. The molecule has 0 aliphatic rings. The topological polar surface area (TPSA) is 52.6 Å². The number of hydrogen-bond donors (Lipinski definition) is 0. The van der Waals surface area contributed by atoms with E-state index in [0.29, 0.717) is 0 Å². The van der Waals surface area contributed by atoms with Crippen molar-refractivity contribution >= 4 is 17.5 Å². The van der Waals surface area contributed by atoms with Gasteiger partial charge in [0.25, 0.3) is 0 Å². The standard InChI is InChI=1S/C19H26O4/c1-8-22-17(20)10-16(19(21)23-9-2)18-14(6)12(4)11(3)13(5)15(18)7/h10H,8-9H2,1-7H3/b16-10-. The Kier molecular flexibility index (Phi) is 6.55. The largest absolute Gasteiger partial charge is 0.463 e. The summed E-state index contributed by atoms with van der Waals surface area (Å²) in [4.78, 5) is 24.3. The molecule has 4 nitrogen and oxygen atoms in total. The summed E-state index contributed by atoms with van der Waals surface area (Å²) in [5, 5.41) is 0. The number of carbonyl (C=O) groups excluding carboxylic acids is 2. The lowest BCUT2D eigenvalue weighted by Gasteiger charge is -2.20. The smallest absolute Gasteiger partial charge is 0.339 e. The molecule has 1 aromatic carbocycles. The second-order valence-corrected chi connectivity index (χ2v) is 5.53. The van der Waals surface area contributed by atoms with Crippen LogP contribution in [0, 0.1) is 34.6 Å². The van der Waals surface area contributed by atoms with Crippen LogP contribution in [0.5, 0.6) is 0 Å². The van der Waals surface area contributed by atoms with Crippen LogP contribution >= 0.6 is 0 Å². The van der Waals surface area contributed by atoms with E-state index in [2.05, 4.69) is 6.92 Å².